The first-order valence-electron chi connectivity index (χ1n) is 8.12. The monoisotopic (exact) mass is 363 g/mol. The molecule has 0 atom stereocenters. The molecule has 8 heteroatoms. The molecule has 0 aliphatic heterocycles. The molecule has 0 unspecified atom stereocenters. The van der Waals surface area contributed by atoms with Gasteiger partial charge in [0.25, 0.3) is 0 Å². The minimum atomic E-state index is -3.01. The zero-order chi connectivity index (χ0) is 18.3. The van der Waals surface area contributed by atoms with Gasteiger partial charge in [0.15, 0.2) is 15.8 Å². The molecule has 0 spiro atoms. The molecule has 0 aliphatic rings. The zero-order valence-corrected chi connectivity index (χ0v) is 15.7. The Bertz CT molecular complexity index is 810. The summed E-state index contributed by atoms with van der Waals surface area (Å²) in [4.78, 5) is 4.56. The Kier molecular flexibility index (Phi) is 6.58. The standard InChI is InChI=1S/C17H25N5O2S/c1-4-18-17(20-12-16-9-10-21-22(16)2)19-11-14-5-7-15(8-6-14)13-25(3,23)24/h5-10H,4,11-13H2,1-3H3,(H2,18,19,20). The molecule has 0 radical (unpaired) electrons. The van der Waals surface area contributed by atoms with E-state index < -0.39 is 9.84 Å². The summed E-state index contributed by atoms with van der Waals surface area (Å²) in [6, 6.07) is 9.45. The maximum Gasteiger partial charge on any atom is 0.191 e. The Hall–Kier alpha value is -2.35. The first kappa shape index (κ1) is 19.0. The topological polar surface area (TPSA) is 88.4 Å². The van der Waals surface area contributed by atoms with Crippen molar-refractivity contribution >= 4 is 15.8 Å². The lowest BCUT2D eigenvalue weighted by Gasteiger charge is -2.11. The van der Waals surface area contributed by atoms with Crippen LogP contribution in [0.15, 0.2) is 41.5 Å². The number of hydrogen-bond acceptors (Lipinski definition) is 4. The number of aromatic nitrogens is 2. The molecule has 0 bridgehead atoms. The molecule has 0 saturated heterocycles. The van der Waals surface area contributed by atoms with Gasteiger partial charge in [-0.2, -0.15) is 5.10 Å². The van der Waals surface area contributed by atoms with Crippen molar-refractivity contribution in [1.82, 2.24) is 20.4 Å². The summed E-state index contributed by atoms with van der Waals surface area (Å²) < 4.78 is 24.5. The van der Waals surface area contributed by atoms with Gasteiger partial charge in [0, 0.05) is 26.0 Å². The Balaban J connectivity index is 1.97. The van der Waals surface area contributed by atoms with Crippen LogP contribution in [0.1, 0.15) is 23.7 Å². The Morgan fingerprint density at radius 2 is 1.84 bits per heavy atom. The SMILES string of the molecule is CCNC(=NCc1ccc(CS(C)(=O)=O)cc1)NCc1ccnn1C. The number of sulfone groups is 1. The summed E-state index contributed by atoms with van der Waals surface area (Å²) in [5.74, 6) is 0.787. The van der Waals surface area contributed by atoms with Crippen LogP contribution < -0.4 is 10.6 Å². The van der Waals surface area contributed by atoms with Gasteiger partial charge in [-0.05, 0) is 24.1 Å². The van der Waals surface area contributed by atoms with E-state index in [4.69, 9.17) is 0 Å². The van der Waals surface area contributed by atoms with E-state index in [0.29, 0.717) is 13.1 Å². The van der Waals surface area contributed by atoms with Crippen LogP contribution in [0.4, 0.5) is 0 Å². The number of aliphatic imine (C=N–C) groups is 1. The molecule has 1 aromatic carbocycles. The van der Waals surface area contributed by atoms with Crippen LogP contribution in [-0.4, -0.2) is 37.0 Å². The highest BCUT2D eigenvalue weighted by molar-refractivity contribution is 7.89. The molecule has 2 N–H and O–H groups in total. The van der Waals surface area contributed by atoms with Crippen molar-refractivity contribution in [2.24, 2.45) is 12.0 Å². The molecule has 1 heterocycles. The molecule has 0 saturated carbocycles. The van der Waals surface area contributed by atoms with Crippen molar-refractivity contribution in [2.75, 3.05) is 12.8 Å². The molecule has 0 aliphatic carbocycles. The van der Waals surface area contributed by atoms with Crippen LogP contribution in [-0.2, 0) is 35.7 Å². The maximum absolute atomic E-state index is 11.3. The second-order valence-electron chi connectivity index (χ2n) is 5.88. The van der Waals surface area contributed by atoms with Gasteiger partial charge < -0.3 is 10.6 Å². The quantitative estimate of drug-likeness (QED) is 0.570. The number of aryl methyl sites for hydroxylation is 1. The van der Waals surface area contributed by atoms with Crippen molar-refractivity contribution in [2.45, 2.75) is 25.8 Å². The molecular formula is C17H25N5O2S. The second-order valence-corrected chi connectivity index (χ2v) is 8.02. The van der Waals surface area contributed by atoms with Crippen LogP contribution in [0.25, 0.3) is 0 Å². The van der Waals surface area contributed by atoms with Gasteiger partial charge in [-0.1, -0.05) is 24.3 Å². The van der Waals surface area contributed by atoms with Crippen LogP contribution in [0.3, 0.4) is 0 Å². The Labute approximate surface area is 149 Å². The number of hydrogen-bond donors (Lipinski definition) is 2. The van der Waals surface area contributed by atoms with E-state index in [1.54, 1.807) is 6.20 Å². The summed E-state index contributed by atoms with van der Waals surface area (Å²) in [5.41, 5.74) is 2.88. The Morgan fingerprint density at radius 3 is 2.40 bits per heavy atom. The fraction of sp³-hybridized carbons (Fsp3) is 0.412. The van der Waals surface area contributed by atoms with Crippen LogP contribution in [0.2, 0.25) is 0 Å². The van der Waals surface area contributed by atoms with Crippen molar-refractivity contribution in [1.29, 1.82) is 0 Å². The minimum Gasteiger partial charge on any atom is -0.357 e. The van der Waals surface area contributed by atoms with Gasteiger partial charge in [0.1, 0.15) is 0 Å². The summed E-state index contributed by atoms with van der Waals surface area (Å²) in [5, 5.41) is 10.6. The van der Waals surface area contributed by atoms with Crippen LogP contribution in [0, 0.1) is 0 Å². The third-order valence-electron chi connectivity index (χ3n) is 3.58. The molecular weight excluding hydrogens is 338 g/mol. The average Bonchev–Trinajstić information content (AvgIpc) is 2.95. The molecule has 0 amide bonds. The molecule has 0 fully saturated rings. The lowest BCUT2D eigenvalue weighted by Crippen LogP contribution is -2.37. The molecule has 2 rings (SSSR count). The first-order valence-corrected chi connectivity index (χ1v) is 10.2. The predicted molar refractivity (Wildman–Crippen MR) is 99.9 cm³/mol. The molecule has 1 aromatic heterocycles. The maximum atomic E-state index is 11.3. The number of nitrogens with one attached hydrogen (secondary N) is 2. The smallest absolute Gasteiger partial charge is 0.191 e. The van der Waals surface area contributed by atoms with E-state index in [2.05, 4.69) is 20.7 Å². The second kappa shape index (κ2) is 8.66. The average molecular weight is 363 g/mol. The van der Waals surface area contributed by atoms with Gasteiger partial charge in [0.05, 0.1) is 24.5 Å². The Morgan fingerprint density at radius 1 is 1.16 bits per heavy atom. The van der Waals surface area contributed by atoms with Gasteiger partial charge in [0.2, 0.25) is 0 Å². The van der Waals surface area contributed by atoms with Crippen LogP contribution >= 0.6 is 0 Å². The molecule has 7 nitrogen and oxygen atoms in total. The van der Waals surface area contributed by atoms with Crippen LogP contribution in [0.5, 0.6) is 0 Å². The van der Waals surface area contributed by atoms with Crippen molar-refractivity contribution in [3.8, 4) is 0 Å². The third-order valence-corrected chi connectivity index (χ3v) is 4.43. The summed E-state index contributed by atoms with van der Waals surface area (Å²) >= 11 is 0. The lowest BCUT2D eigenvalue weighted by atomic mass is 10.1. The van der Waals surface area contributed by atoms with Gasteiger partial charge in [-0.3, -0.25) is 4.68 Å². The summed E-state index contributed by atoms with van der Waals surface area (Å²) in [6.07, 6.45) is 3.00. The highest BCUT2D eigenvalue weighted by atomic mass is 32.2. The van der Waals surface area contributed by atoms with E-state index in [1.165, 1.54) is 6.26 Å². The zero-order valence-electron chi connectivity index (χ0n) is 14.9. The van der Waals surface area contributed by atoms with Gasteiger partial charge in [-0.15, -0.1) is 0 Å². The van der Waals surface area contributed by atoms with Crippen molar-refractivity contribution in [3.05, 3.63) is 53.3 Å². The molecule has 2 aromatic rings. The van der Waals surface area contributed by atoms with Gasteiger partial charge >= 0.3 is 0 Å². The largest absolute Gasteiger partial charge is 0.357 e. The van der Waals surface area contributed by atoms with Crippen molar-refractivity contribution < 1.29 is 8.42 Å². The summed E-state index contributed by atoms with van der Waals surface area (Å²) in [6.45, 7) is 3.93. The fourth-order valence-corrected chi connectivity index (χ4v) is 3.10. The normalized spacial score (nSPS) is 12.2. The number of rotatable bonds is 7. The highest BCUT2D eigenvalue weighted by Gasteiger charge is 2.05. The fourth-order valence-electron chi connectivity index (χ4n) is 2.30. The minimum absolute atomic E-state index is 0.0610. The lowest BCUT2D eigenvalue weighted by molar-refractivity contribution is 0.601. The summed E-state index contributed by atoms with van der Waals surface area (Å²) in [7, 11) is -1.11. The third kappa shape index (κ3) is 6.58. The predicted octanol–water partition coefficient (Wildman–Crippen LogP) is 1.22. The highest BCUT2D eigenvalue weighted by Crippen LogP contribution is 2.08. The van der Waals surface area contributed by atoms with E-state index in [-0.39, 0.29) is 5.75 Å². The first-order chi connectivity index (χ1) is 11.9. The number of nitrogens with zero attached hydrogens (tertiary/aromatic N) is 3. The number of guanidine groups is 1. The molecule has 136 valence electrons. The molecule has 25 heavy (non-hydrogen) atoms. The van der Waals surface area contributed by atoms with Crippen molar-refractivity contribution in [3.63, 3.8) is 0 Å². The number of benzene rings is 1. The van der Waals surface area contributed by atoms with E-state index >= 15 is 0 Å². The van der Waals surface area contributed by atoms with E-state index in [0.717, 1.165) is 29.3 Å². The van der Waals surface area contributed by atoms with Gasteiger partial charge in [-0.25, -0.2) is 13.4 Å². The van der Waals surface area contributed by atoms with E-state index in [1.807, 2.05) is 49.0 Å². The van der Waals surface area contributed by atoms with E-state index in [9.17, 15) is 8.42 Å².